The second-order valence-electron chi connectivity index (χ2n) is 8.01. The second-order valence-corrected chi connectivity index (χ2v) is 10.5. The molecule has 0 bridgehead atoms. The van der Waals surface area contributed by atoms with E-state index < -0.39 is 26.2 Å². The van der Waals surface area contributed by atoms with E-state index in [9.17, 15) is 28.1 Å². The van der Waals surface area contributed by atoms with Crippen molar-refractivity contribution in [2.75, 3.05) is 13.7 Å². The molecule has 1 aliphatic heterocycles. The van der Waals surface area contributed by atoms with Gasteiger partial charge in [0.1, 0.15) is 10.6 Å². The van der Waals surface area contributed by atoms with Crippen molar-refractivity contribution in [2.24, 2.45) is 0 Å². The Balaban J connectivity index is 1.57. The molecule has 4 rings (SSSR count). The summed E-state index contributed by atoms with van der Waals surface area (Å²) in [5.74, 6) is -0.0694. The summed E-state index contributed by atoms with van der Waals surface area (Å²) < 4.78 is 41.5. The first kappa shape index (κ1) is 27.7. The van der Waals surface area contributed by atoms with Crippen LogP contribution in [0.1, 0.15) is 18.1 Å². The highest BCUT2D eigenvalue weighted by Crippen LogP contribution is 2.37. The molecule has 3 aromatic rings. The number of benzene rings is 3. The van der Waals surface area contributed by atoms with Gasteiger partial charge in [-0.2, -0.15) is 8.42 Å². The van der Waals surface area contributed by atoms with Crippen molar-refractivity contribution in [1.29, 1.82) is 0 Å². The van der Waals surface area contributed by atoms with Gasteiger partial charge >= 0.3 is 10.1 Å². The van der Waals surface area contributed by atoms with Gasteiger partial charge in [0.15, 0.2) is 11.5 Å². The molecular weight excluding hydrogens is 548 g/mol. The molecule has 39 heavy (non-hydrogen) atoms. The zero-order chi connectivity index (χ0) is 28.2. The van der Waals surface area contributed by atoms with Gasteiger partial charge in [-0.3, -0.25) is 24.6 Å². The van der Waals surface area contributed by atoms with Gasteiger partial charge in [-0.1, -0.05) is 24.3 Å². The Hall–Kier alpha value is -4.36. The van der Waals surface area contributed by atoms with Gasteiger partial charge in [0.05, 0.1) is 30.1 Å². The van der Waals surface area contributed by atoms with Crippen molar-refractivity contribution >= 4 is 44.8 Å². The standard InChI is InChI=1S/C26H22N2O9S2/c1-3-36-23-14-17(8-13-22(23)37-39(33,34)20-11-9-19(35-2)10-12-20)15-24-25(29)27(26(30)38-24)16-18-6-4-5-7-21(18)28(31)32/h4-15H,3,16H2,1-2H3/b24-15-. The predicted octanol–water partition coefficient (Wildman–Crippen LogP) is 5.01. The first-order valence-corrected chi connectivity index (χ1v) is 13.7. The van der Waals surface area contributed by atoms with Gasteiger partial charge in [-0.15, -0.1) is 0 Å². The number of carbonyl (C=O) groups excluding carboxylic acids is 2. The Morgan fingerprint density at radius 2 is 1.74 bits per heavy atom. The molecule has 13 heteroatoms. The fraction of sp³-hybridized carbons (Fsp3) is 0.154. The van der Waals surface area contributed by atoms with E-state index in [1.54, 1.807) is 13.0 Å². The SMILES string of the molecule is CCOc1cc(/C=C2\SC(=O)N(Cc3ccccc3[N+](=O)[O-])C2=O)ccc1OS(=O)(=O)c1ccc(OC)cc1. The van der Waals surface area contributed by atoms with Gasteiger partial charge in [0.2, 0.25) is 0 Å². The van der Waals surface area contributed by atoms with Crippen LogP contribution in [0.25, 0.3) is 6.08 Å². The van der Waals surface area contributed by atoms with Crippen LogP contribution in [0.4, 0.5) is 10.5 Å². The number of ether oxygens (including phenoxy) is 2. The van der Waals surface area contributed by atoms with E-state index >= 15 is 0 Å². The van der Waals surface area contributed by atoms with E-state index in [1.165, 1.54) is 73.8 Å². The number of nitro groups is 1. The topological polar surface area (TPSA) is 142 Å². The van der Waals surface area contributed by atoms with Gasteiger partial charge < -0.3 is 13.7 Å². The summed E-state index contributed by atoms with van der Waals surface area (Å²) in [5, 5.41) is 10.7. The third kappa shape index (κ3) is 6.21. The second kappa shape index (κ2) is 11.6. The molecule has 2 amide bonds. The number of methoxy groups -OCH3 is 1. The Kier molecular flexibility index (Phi) is 8.21. The largest absolute Gasteiger partial charge is 0.497 e. The summed E-state index contributed by atoms with van der Waals surface area (Å²) >= 11 is 0.694. The van der Waals surface area contributed by atoms with E-state index in [1.807, 2.05) is 0 Å². The van der Waals surface area contributed by atoms with E-state index in [0.29, 0.717) is 23.1 Å². The molecule has 0 aliphatic carbocycles. The Bertz CT molecular complexity index is 1570. The number of thioether (sulfide) groups is 1. The van der Waals surface area contributed by atoms with Gasteiger partial charge in [-0.05, 0) is 66.7 Å². The number of hydrogen-bond acceptors (Lipinski definition) is 10. The molecule has 0 unspecified atom stereocenters. The first-order valence-electron chi connectivity index (χ1n) is 11.5. The molecule has 1 heterocycles. The maximum Gasteiger partial charge on any atom is 0.339 e. The highest BCUT2D eigenvalue weighted by molar-refractivity contribution is 8.18. The zero-order valence-corrected chi connectivity index (χ0v) is 22.4. The van der Waals surface area contributed by atoms with Gasteiger partial charge in [0, 0.05) is 11.6 Å². The molecule has 1 saturated heterocycles. The zero-order valence-electron chi connectivity index (χ0n) is 20.7. The number of nitrogens with zero attached hydrogens (tertiary/aromatic N) is 2. The minimum Gasteiger partial charge on any atom is -0.497 e. The van der Waals surface area contributed by atoms with E-state index in [4.69, 9.17) is 13.7 Å². The van der Waals surface area contributed by atoms with Gasteiger partial charge in [-0.25, -0.2) is 0 Å². The van der Waals surface area contributed by atoms with Crippen molar-refractivity contribution in [3.8, 4) is 17.2 Å². The average molecular weight is 571 g/mol. The summed E-state index contributed by atoms with van der Waals surface area (Å²) in [6.45, 7) is 1.66. The maximum atomic E-state index is 13.0. The van der Waals surface area contributed by atoms with Crippen LogP contribution in [0, 0.1) is 10.1 Å². The van der Waals surface area contributed by atoms with Crippen LogP contribution < -0.4 is 13.7 Å². The Morgan fingerprint density at radius 3 is 2.41 bits per heavy atom. The fourth-order valence-electron chi connectivity index (χ4n) is 3.64. The third-order valence-corrected chi connectivity index (χ3v) is 7.66. The summed E-state index contributed by atoms with van der Waals surface area (Å²) in [4.78, 5) is 37.2. The number of nitro benzene ring substituents is 1. The van der Waals surface area contributed by atoms with Crippen LogP contribution in [-0.2, 0) is 21.5 Å². The lowest BCUT2D eigenvalue weighted by molar-refractivity contribution is -0.385. The quantitative estimate of drug-likeness (QED) is 0.141. The van der Waals surface area contributed by atoms with Crippen LogP contribution in [0.3, 0.4) is 0 Å². The van der Waals surface area contributed by atoms with Crippen molar-refractivity contribution in [1.82, 2.24) is 4.90 Å². The average Bonchev–Trinajstić information content (AvgIpc) is 3.17. The minimum absolute atomic E-state index is 0.0608. The number of para-hydroxylation sites is 1. The van der Waals surface area contributed by atoms with Crippen LogP contribution in [0.15, 0.2) is 76.5 Å². The van der Waals surface area contributed by atoms with Crippen LogP contribution in [-0.4, -0.2) is 43.1 Å². The number of amides is 2. The van der Waals surface area contributed by atoms with E-state index in [-0.39, 0.29) is 45.7 Å². The number of rotatable bonds is 10. The summed E-state index contributed by atoms with van der Waals surface area (Å²) in [6.07, 6.45) is 1.45. The number of carbonyl (C=O) groups is 2. The highest BCUT2D eigenvalue weighted by atomic mass is 32.2. The maximum absolute atomic E-state index is 13.0. The first-order chi connectivity index (χ1) is 18.6. The fourth-order valence-corrected chi connectivity index (χ4v) is 5.42. The molecule has 0 atom stereocenters. The number of imide groups is 1. The molecule has 1 fully saturated rings. The van der Waals surface area contributed by atoms with Crippen LogP contribution in [0.5, 0.6) is 17.2 Å². The molecule has 0 saturated carbocycles. The lowest BCUT2D eigenvalue weighted by atomic mass is 10.1. The van der Waals surface area contributed by atoms with E-state index in [0.717, 1.165) is 4.90 Å². The molecular formula is C26H22N2O9S2. The molecule has 0 spiro atoms. The molecule has 0 radical (unpaired) electrons. The Morgan fingerprint density at radius 1 is 1.03 bits per heavy atom. The van der Waals surface area contributed by atoms with E-state index in [2.05, 4.69) is 0 Å². The van der Waals surface area contributed by atoms with Gasteiger partial charge in [0.25, 0.3) is 16.8 Å². The monoisotopic (exact) mass is 570 g/mol. The molecule has 0 aromatic heterocycles. The molecule has 3 aromatic carbocycles. The summed E-state index contributed by atoms with van der Waals surface area (Å²) in [7, 11) is -2.72. The van der Waals surface area contributed by atoms with Crippen molar-refractivity contribution < 1.29 is 36.6 Å². The molecule has 202 valence electrons. The predicted molar refractivity (Wildman–Crippen MR) is 143 cm³/mol. The van der Waals surface area contributed by atoms with Crippen LogP contribution in [0.2, 0.25) is 0 Å². The highest BCUT2D eigenvalue weighted by Gasteiger charge is 2.36. The normalized spacial score (nSPS) is 14.5. The molecule has 11 nitrogen and oxygen atoms in total. The number of hydrogen-bond donors (Lipinski definition) is 0. The summed E-state index contributed by atoms with van der Waals surface area (Å²) in [5.41, 5.74) is 0.482. The molecule has 0 N–H and O–H groups in total. The minimum atomic E-state index is -4.19. The van der Waals surface area contributed by atoms with Crippen LogP contribution >= 0.6 is 11.8 Å². The molecule has 1 aliphatic rings. The smallest absolute Gasteiger partial charge is 0.339 e. The van der Waals surface area contributed by atoms with Crippen molar-refractivity contribution in [2.45, 2.75) is 18.4 Å². The lowest BCUT2D eigenvalue weighted by Gasteiger charge is -2.13. The van der Waals surface area contributed by atoms with Crippen molar-refractivity contribution in [3.05, 3.63) is 92.9 Å². The lowest BCUT2D eigenvalue weighted by Crippen LogP contribution is -2.27. The summed E-state index contributed by atoms with van der Waals surface area (Å²) in [6, 6.07) is 15.9. The van der Waals surface area contributed by atoms with Crippen molar-refractivity contribution in [3.63, 3.8) is 0 Å². The Labute approximate surface area is 228 Å². The third-order valence-electron chi connectivity index (χ3n) is 5.50.